The van der Waals surface area contributed by atoms with Crippen molar-refractivity contribution in [3.8, 4) is 18.2 Å². The molecule has 0 amide bonds. The highest BCUT2D eigenvalue weighted by atomic mass is 16.5. The predicted molar refractivity (Wildman–Crippen MR) is 65.4 cm³/mol. The number of terminal acetylenes is 1. The Balaban J connectivity index is 2.47. The smallest absolute Gasteiger partial charge is 0.374 e. The van der Waals surface area contributed by atoms with Crippen molar-refractivity contribution < 1.29 is 14.6 Å². The first-order valence-corrected chi connectivity index (χ1v) is 5.28. The summed E-state index contributed by atoms with van der Waals surface area (Å²) in [6.45, 7) is 0.288. The van der Waals surface area contributed by atoms with Crippen molar-refractivity contribution in [3.63, 3.8) is 0 Å². The number of benzene rings is 1. The summed E-state index contributed by atoms with van der Waals surface area (Å²) in [5.41, 5.74) is 0.528. The number of para-hydroxylation sites is 1. The van der Waals surface area contributed by atoms with Crippen molar-refractivity contribution in [2.75, 3.05) is 6.61 Å². The van der Waals surface area contributed by atoms with Gasteiger partial charge < -0.3 is 9.84 Å². The molecule has 0 unspecified atom stereocenters. The van der Waals surface area contributed by atoms with Crippen LogP contribution in [-0.2, 0) is 0 Å². The molecule has 0 radical (unpaired) electrons. The van der Waals surface area contributed by atoms with Crippen LogP contribution in [0.2, 0.25) is 0 Å². The number of aromatic nitrogens is 2. The molecule has 0 atom stereocenters. The molecule has 0 fully saturated rings. The maximum atomic E-state index is 10.9. The molecule has 1 N–H and O–H groups in total. The molecule has 0 saturated carbocycles. The van der Waals surface area contributed by atoms with Crippen LogP contribution < -0.4 is 4.74 Å². The Hall–Kier alpha value is -2.61. The molecule has 0 bridgehead atoms. The Morgan fingerprint density at radius 3 is 2.89 bits per heavy atom. The summed E-state index contributed by atoms with van der Waals surface area (Å²) in [5, 5.41) is 9.59. The number of nitrogens with zero attached hydrogens (tertiary/aromatic N) is 2. The van der Waals surface area contributed by atoms with Crippen molar-refractivity contribution in [1.82, 2.24) is 9.97 Å². The molecule has 0 saturated heterocycles. The molecule has 2 rings (SSSR count). The van der Waals surface area contributed by atoms with E-state index >= 15 is 0 Å². The minimum Gasteiger partial charge on any atom is -0.476 e. The quantitative estimate of drug-likeness (QED) is 0.653. The fraction of sp³-hybridized carbons (Fsp3) is 0.154. The van der Waals surface area contributed by atoms with Crippen LogP contribution in [0.4, 0.5) is 0 Å². The van der Waals surface area contributed by atoms with Gasteiger partial charge in [-0.2, -0.15) is 4.98 Å². The lowest BCUT2D eigenvalue weighted by molar-refractivity contribution is 0.0682. The molecule has 5 nitrogen and oxygen atoms in total. The molecule has 2 aromatic rings. The average molecular weight is 242 g/mol. The van der Waals surface area contributed by atoms with Crippen LogP contribution in [-0.4, -0.2) is 27.7 Å². The molecule has 5 heteroatoms. The molecule has 90 valence electrons. The molecule has 1 aromatic carbocycles. The lowest BCUT2D eigenvalue weighted by atomic mass is 10.2. The summed E-state index contributed by atoms with van der Waals surface area (Å²) in [6, 6.07) is 7.05. The molecular formula is C13H10N2O3. The Labute approximate surface area is 103 Å². The van der Waals surface area contributed by atoms with Crippen LogP contribution in [0.5, 0.6) is 5.88 Å². The molecule has 0 spiro atoms. The van der Waals surface area contributed by atoms with E-state index in [-0.39, 0.29) is 18.3 Å². The lowest BCUT2D eigenvalue weighted by Gasteiger charge is -2.07. The highest BCUT2D eigenvalue weighted by Gasteiger charge is 2.13. The zero-order valence-corrected chi connectivity index (χ0v) is 9.46. The number of hydrogen-bond donors (Lipinski definition) is 1. The number of carboxylic acid groups (broad SMARTS) is 1. The second-order valence-electron chi connectivity index (χ2n) is 3.48. The van der Waals surface area contributed by atoms with Crippen LogP contribution in [0.15, 0.2) is 24.3 Å². The van der Waals surface area contributed by atoms with Gasteiger partial charge in [0.25, 0.3) is 0 Å². The van der Waals surface area contributed by atoms with E-state index in [4.69, 9.17) is 16.3 Å². The maximum Gasteiger partial charge on any atom is 0.374 e. The summed E-state index contributed by atoms with van der Waals surface area (Å²) < 4.78 is 5.39. The monoisotopic (exact) mass is 242 g/mol. The van der Waals surface area contributed by atoms with Gasteiger partial charge >= 0.3 is 5.97 Å². The fourth-order valence-electron chi connectivity index (χ4n) is 1.46. The van der Waals surface area contributed by atoms with Crippen molar-refractivity contribution in [3.05, 3.63) is 30.1 Å². The summed E-state index contributed by atoms with van der Waals surface area (Å²) in [6.07, 6.45) is 5.56. The number of rotatable bonds is 4. The van der Waals surface area contributed by atoms with E-state index in [1.54, 1.807) is 24.3 Å². The number of hydrogen-bond acceptors (Lipinski definition) is 4. The zero-order chi connectivity index (χ0) is 13.0. The summed E-state index contributed by atoms with van der Waals surface area (Å²) in [5.74, 6) is 1.20. The van der Waals surface area contributed by atoms with E-state index in [0.29, 0.717) is 17.3 Å². The van der Waals surface area contributed by atoms with Crippen molar-refractivity contribution in [2.24, 2.45) is 0 Å². The van der Waals surface area contributed by atoms with E-state index in [1.807, 2.05) is 0 Å². The third-order valence-electron chi connectivity index (χ3n) is 2.24. The van der Waals surface area contributed by atoms with Gasteiger partial charge in [-0.1, -0.05) is 12.1 Å². The lowest BCUT2D eigenvalue weighted by Crippen LogP contribution is -2.07. The molecule has 18 heavy (non-hydrogen) atoms. The van der Waals surface area contributed by atoms with E-state index in [0.717, 1.165) is 0 Å². The van der Waals surface area contributed by atoms with Gasteiger partial charge in [-0.25, -0.2) is 9.78 Å². The third-order valence-corrected chi connectivity index (χ3v) is 2.24. The third kappa shape index (κ3) is 2.38. The first kappa shape index (κ1) is 11.9. The zero-order valence-electron chi connectivity index (χ0n) is 9.46. The molecule has 0 aliphatic rings. The highest BCUT2D eigenvalue weighted by molar-refractivity contribution is 5.89. The van der Waals surface area contributed by atoms with Gasteiger partial charge in [0.05, 0.1) is 10.9 Å². The average Bonchev–Trinajstić information content (AvgIpc) is 2.38. The number of ether oxygens (including phenoxy) is 1. The number of carboxylic acids is 1. The Bertz CT molecular complexity index is 632. The van der Waals surface area contributed by atoms with E-state index in [2.05, 4.69) is 15.9 Å². The van der Waals surface area contributed by atoms with Crippen LogP contribution in [0, 0.1) is 12.3 Å². The van der Waals surface area contributed by atoms with Gasteiger partial charge in [-0.3, -0.25) is 0 Å². The van der Waals surface area contributed by atoms with Crippen LogP contribution in [0.1, 0.15) is 17.0 Å². The molecule has 0 aliphatic carbocycles. The number of carbonyl (C=O) groups is 1. The predicted octanol–water partition coefficient (Wildman–Crippen LogP) is 1.73. The minimum absolute atomic E-state index is 0.244. The Kier molecular flexibility index (Phi) is 3.39. The van der Waals surface area contributed by atoms with Gasteiger partial charge in [0, 0.05) is 6.42 Å². The van der Waals surface area contributed by atoms with Crippen LogP contribution in [0.3, 0.4) is 0 Å². The van der Waals surface area contributed by atoms with Crippen molar-refractivity contribution in [1.29, 1.82) is 0 Å². The molecular weight excluding hydrogens is 232 g/mol. The van der Waals surface area contributed by atoms with Gasteiger partial charge in [0.2, 0.25) is 11.7 Å². The van der Waals surface area contributed by atoms with Crippen LogP contribution >= 0.6 is 0 Å². The van der Waals surface area contributed by atoms with E-state index in [9.17, 15) is 4.79 Å². The fourth-order valence-corrected chi connectivity index (χ4v) is 1.46. The molecule has 0 aliphatic heterocycles. The SMILES string of the molecule is C#CCCOc1nc(C(=O)O)nc2ccccc12. The van der Waals surface area contributed by atoms with E-state index < -0.39 is 5.97 Å². The van der Waals surface area contributed by atoms with Crippen molar-refractivity contribution >= 4 is 16.9 Å². The van der Waals surface area contributed by atoms with Gasteiger partial charge in [-0.15, -0.1) is 12.3 Å². The first-order chi connectivity index (χ1) is 8.72. The Morgan fingerprint density at radius 1 is 1.39 bits per heavy atom. The van der Waals surface area contributed by atoms with Gasteiger partial charge in [0.15, 0.2) is 0 Å². The molecule has 1 heterocycles. The van der Waals surface area contributed by atoms with Crippen LogP contribution in [0.25, 0.3) is 10.9 Å². The highest BCUT2D eigenvalue weighted by Crippen LogP contribution is 2.22. The van der Waals surface area contributed by atoms with E-state index in [1.165, 1.54) is 0 Å². The normalized spacial score (nSPS) is 9.94. The maximum absolute atomic E-state index is 10.9. The second-order valence-corrected chi connectivity index (χ2v) is 3.48. The second kappa shape index (κ2) is 5.15. The summed E-state index contributed by atoms with van der Waals surface area (Å²) >= 11 is 0. The summed E-state index contributed by atoms with van der Waals surface area (Å²) in [7, 11) is 0. The first-order valence-electron chi connectivity index (χ1n) is 5.28. The largest absolute Gasteiger partial charge is 0.476 e. The Morgan fingerprint density at radius 2 is 2.17 bits per heavy atom. The standard InChI is InChI=1S/C13H10N2O3/c1-2-3-8-18-12-9-6-4-5-7-10(9)14-11(15-12)13(16)17/h1,4-7H,3,8H2,(H,16,17). The summed E-state index contributed by atoms with van der Waals surface area (Å²) in [4.78, 5) is 18.7. The van der Waals surface area contributed by atoms with Gasteiger partial charge in [0.1, 0.15) is 6.61 Å². The number of aromatic carboxylic acids is 1. The van der Waals surface area contributed by atoms with Crippen molar-refractivity contribution in [2.45, 2.75) is 6.42 Å². The minimum atomic E-state index is -1.19. The van der Waals surface area contributed by atoms with Gasteiger partial charge in [-0.05, 0) is 12.1 Å². The molecule has 1 aromatic heterocycles. The topological polar surface area (TPSA) is 72.3 Å². The number of fused-ring (bicyclic) bond motifs is 1.